The maximum Gasteiger partial charge on any atom is 0.407 e. The summed E-state index contributed by atoms with van der Waals surface area (Å²) >= 11 is 0. The molecular formula is C35H53N5O7S. The first-order valence-corrected chi connectivity index (χ1v) is 18.6. The van der Waals surface area contributed by atoms with Crippen molar-refractivity contribution >= 4 is 27.5 Å². The number of amides is 1. The molecule has 0 saturated carbocycles. The zero-order valence-electron chi connectivity index (χ0n) is 28.6. The molecule has 6 atom stereocenters. The monoisotopic (exact) mass is 687 g/mol. The molecule has 0 spiro atoms. The number of hydrogen-bond acceptors (Lipinski definition) is 10. The number of nitrogen functional groups attached to an aromatic ring is 1. The average molecular weight is 688 g/mol. The van der Waals surface area contributed by atoms with E-state index in [-0.39, 0.29) is 55.2 Å². The molecule has 0 radical (unpaired) electrons. The molecule has 0 bridgehead atoms. The van der Waals surface area contributed by atoms with Gasteiger partial charge in [0.15, 0.2) is 6.29 Å². The summed E-state index contributed by atoms with van der Waals surface area (Å²) in [4.78, 5) is 15.7. The first-order valence-electron chi connectivity index (χ1n) is 17.2. The molecule has 0 aromatic heterocycles. The number of nitrogens with zero attached hydrogens (tertiary/aromatic N) is 2. The number of rotatable bonds is 15. The van der Waals surface area contributed by atoms with Gasteiger partial charge in [-0.15, -0.1) is 0 Å². The van der Waals surface area contributed by atoms with Crippen molar-refractivity contribution in [2.45, 2.75) is 82.4 Å². The van der Waals surface area contributed by atoms with Gasteiger partial charge >= 0.3 is 6.09 Å². The predicted molar refractivity (Wildman–Crippen MR) is 185 cm³/mol. The van der Waals surface area contributed by atoms with E-state index in [2.05, 4.69) is 29.4 Å². The molecule has 5 rings (SSSR count). The molecule has 0 aliphatic carbocycles. The van der Waals surface area contributed by atoms with Crippen LogP contribution in [-0.4, -0.2) is 105 Å². The van der Waals surface area contributed by atoms with E-state index in [1.165, 1.54) is 10.4 Å². The van der Waals surface area contributed by atoms with Crippen LogP contribution in [0.15, 0.2) is 53.4 Å². The molecule has 3 saturated heterocycles. The van der Waals surface area contributed by atoms with E-state index in [1.54, 1.807) is 12.1 Å². The highest BCUT2D eigenvalue weighted by Crippen LogP contribution is 2.33. The van der Waals surface area contributed by atoms with E-state index >= 15 is 0 Å². The fourth-order valence-electron chi connectivity index (χ4n) is 6.86. The Morgan fingerprint density at radius 3 is 2.58 bits per heavy atom. The standard InChI is InChI=1S/C35H53N5O7S/c1-23(2)18-39-14-12-26(20-39)37-30-17-27(10-11-29(30)36)48(43,44)40(19-24(3)4)21-32(41)31(16-25-8-6-5-7-9-25)38-35(42)47-33-22-46-34-28(33)13-15-45-34/h5-11,17,23-24,26,28,31-34,37,41H,12-16,18-22,36H2,1-4H3,(H,38,42)/t26?,28-,31-,32+,33-,34+/m0/s1. The maximum atomic E-state index is 14.2. The number of alkyl carbamates (subject to hydrolysis) is 1. The third kappa shape index (κ3) is 9.39. The highest BCUT2D eigenvalue weighted by atomic mass is 32.2. The van der Waals surface area contributed by atoms with Crippen LogP contribution in [-0.2, 0) is 30.7 Å². The van der Waals surface area contributed by atoms with Gasteiger partial charge in [-0.05, 0) is 54.9 Å². The lowest BCUT2D eigenvalue weighted by molar-refractivity contribution is -0.0907. The summed E-state index contributed by atoms with van der Waals surface area (Å²) in [5.41, 5.74) is 8.25. The maximum absolute atomic E-state index is 14.2. The zero-order valence-corrected chi connectivity index (χ0v) is 29.4. The Labute approximate surface area is 285 Å². The molecule has 2 aromatic rings. The van der Waals surface area contributed by atoms with Crippen molar-refractivity contribution in [1.29, 1.82) is 0 Å². The number of aliphatic hydroxyl groups is 1. The molecule has 3 fully saturated rings. The number of benzene rings is 2. The van der Waals surface area contributed by atoms with Crippen molar-refractivity contribution < 1.29 is 32.5 Å². The van der Waals surface area contributed by atoms with Crippen LogP contribution in [0, 0.1) is 17.8 Å². The first-order chi connectivity index (χ1) is 22.9. The van der Waals surface area contributed by atoms with Crippen LogP contribution in [0.5, 0.6) is 0 Å². The van der Waals surface area contributed by atoms with Gasteiger partial charge in [0.2, 0.25) is 10.0 Å². The minimum absolute atomic E-state index is 0.0294. The molecule has 13 heteroatoms. The molecule has 48 heavy (non-hydrogen) atoms. The van der Waals surface area contributed by atoms with Crippen LogP contribution in [0.2, 0.25) is 0 Å². The van der Waals surface area contributed by atoms with Crippen LogP contribution in [0.25, 0.3) is 0 Å². The van der Waals surface area contributed by atoms with Gasteiger partial charge in [-0.25, -0.2) is 13.2 Å². The lowest BCUT2D eigenvalue weighted by Crippen LogP contribution is -2.51. The van der Waals surface area contributed by atoms with Gasteiger partial charge < -0.3 is 40.6 Å². The molecule has 3 aliphatic heterocycles. The van der Waals surface area contributed by atoms with Gasteiger partial charge in [-0.3, -0.25) is 0 Å². The Morgan fingerprint density at radius 1 is 1.08 bits per heavy atom. The lowest BCUT2D eigenvalue weighted by Gasteiger charge is -2.31. The zero-order chi connectivity index (χ0) is 34.4. The number of fused-ring (bicyclic) bond motifs is 1. The van der Waals surface area contributed by atoms with Gasteiger partial charge in [-0.1, -0.05) is 58.0 Å². The van der Waals surface area contributed by atoms with Crippen molar-refractivity contribution in [3.63, 3.8) is 0 Å². The molecule has 2 aromatic carbocycles. The molecule has 1 unspecified atom stereocenters. The number of nitrogens with two attached hydrogens (primary N) is 1. The number of carbonyl (C=O) groups is 1. The number of likely N-dealkylation sites (tertiary alicyclic amines) is 1. The Morgan fingerprint density at radius 2 is 1.85 bits per heavy atom. The Kier molecular flexibility index (Phi) is 12.2. The second-order valence-electron chi connectivity index (χ2n) is 14.2. The fraction of sp³-hybridized carbons (Fsp3) is 0.629. The summed E-state index contributed by atoms with van der Waals surface area (Å²) < 4.78 is 46.6. The lowest BCUT2D eigenvalue weighted by atomic mass is 10.0. The van der Waals surface area contributed by atoms with Crippen LogP contribution >= 0.6 is 0 Å². The van der Waals surface area contributed by atoms with Crippen LogP contribution in [0.3, 0.4) is 0 Å². The topological polar surface area (TPSA) is 156 Å². The van der Waals surface area contributed by atoms with E-state index in [1.807, 2.05) is 44.2 Å². The highest BCUT2D eigenvalue weighted by molar-refractivity contribution is 7.89. The smallest absolute Gasteiger partial charge is 0.407 e. The SMILES string of the molecule is CC(C)CN1CCC(Nc2cc(S(=O)(=O)N(CC(C)C)C[C@@H](O)[C@H](Cc3ccccc3)NC(=O)O[C@H]3CO[C@H]4OCC[C@H]43)ccc2N)C1. The average Bonchev–Trinajstić information content (AvgIpc) is 3.77. The van der Waals surface area contributed by atoms with Gasteiger partial charge in [0.05, 0.1) is 47.5 Å². The number of hydrogen-bond donors (Lipinski definition) is 4. The molecule has 5 N–H and O–H groups in total. The molecular weight excluding hydrogens is 634 g/mol. The van der Waals surface area contributed by atoms with Crippen LogP contribution in [0.1, 0.15) is 46.1 Å². The van der Waals surface area contributed by atoms with E-state index in [0.29, 0.717) is 23.9 Å². The van der Waals surface area contributed by atoms with E-state index in [0.717, 1.165) is 38.0 Å². The van der Waals surface area contributed by atoms with Crippen molar-refractivity contribution in [2.75, 3.05) is 57.0 Å². The van der Waals surface area contributed by atoms with Crippen LogP contribution < -0.4 is 16.4 Å². The highest BCUT2D eigenvalue weighted by Gasteiger charge is 2.44. The van der Waals surface area contributed by atoms with Crippen LogP contribution in [0.4, 0.5) is 16.2 Å². The Bertz CT molecular complexity index is 1460. The number of nitrogens with one attached hydrogen (secondary N) is 2. The Hall–Kier alpha value is -2.94. The summed E-state index contributed by atoms with van der Waals surface area (Å²) in [6.07, 6.45) is -0.816. The summed E-state index contributed by atoms with van der Waals surface area (Å²) in [6.45, 7) is 11.8. The molecule has 266 valence electrons. The van der Waals surface area contributed by atoms with Crippen molar-refractivity contribution in [3.8, 4) is 0 Å². The number of sulfonamides is 1. The fourth-order valence-corrected chi connectivity index (χ4v) is 8.51. The molecule has 12 nitrogen and oxygen atoms in total. The molecule has 1 amide bonds. The van der Waals surface area contributed by atoms with Gasteiger partial charge in [0.1, 0.15) is 6.10 Å². The third-order valence-corrected chi connectivity index (χ3v) is 11.0. The van der Waals surface area contributed by atoms with Gasteiger partial charge in [0.25, 0.3) is 0 Å². The van der Waals surface area contributed by atoms with Gasteiger partial charge in [-0.2, -0.15) is 4.31 Å². The normalized spacial score (nSPS) is 24.2. The number of carbonyl (C=O) groups excluding carboxylic acids is 1. The van der Waals surface area contributed by atoms with E-state index < -0.39 is 34.4 Å². The second-order valence-corrected chi connectivity index (χ2v) is 16.2. The number of aliphatic hydroxyl groups excluding tert-OH is 1. The van der Waals surface area contributed by atoms with E-state index in [4.69, 9.17) is 19.9 Å². The third-order valence-electron chi connectivity index (χ3n) is 9.19. The van der Waals surface area contributed by atoms with Crippen molar-refractivity contribution in [2.24, 2.45) is 17.8 Å². The van der Waals surface area contributed by atoms with Crippen molar-refractivity contribution in [3.05, 3.63) is 54.1 Å². The molecule has 3 heterocycles. The quantitative estimate of drug-likeness (QED) is 0.205. The van der Waals surface area contributed by atoms with Crippen molar-refractivity contribution in [1.82, 2.24) is 14.5 Å². The van der Waals surface area contributed by atoms with Gasteiger partial charge in [0, 0.05) is 38.8 Å². The first kappa shape index (κ1) is 36.3. The summed E-state index contributed by atoms with van der Waals surface area (Å²) in [5, 5.41) is 18.0. The number of ether oxygens (including phenoxy) is 3. The second kappa shape index (κ2) is 16.2. The largest absolute Gasteiger partial charge is 0.443 e. The van der Waals surface area contributed by atoms with E-state index in [9.17, 15) is 18.3 Å². The predicted octanol–water partition coefficient (Wildman–Crippen LogP) is 3.52. The summed E-state index contributed by atoms with van der Waals surface area (Å²) in [5.74, 6) is 0.500. The summed E-state index contributed by atoms with van der Waals surface area (Å²) in [6, 6.07) is 13.5. The Balaban J connectivity index is 1.31. The minimum Gasteiger partial charge on any atom is -0.443 e. The summed E-state index contributed by atoms with van der Waals surface area (Å²) in [7, 11) is -4.06. The molecule has 3 aliphatic rings. The minimum atomic E-state index is -4.06. The number of anilines is 2.